The molecule has 0 saturated carbocycles. The predicted octanol–water partition coefficient (Wildman–Crippen LogP) is 3.62. The number of halogens is 1. The van der Waals surface area contributed by atoms with Gasteiger partial charge in [0.25, 0.3) is 5.91 Å². The van der Waals surface area contributed by atoms with Crippen molar-refractivity contribution < 1.29 is 14.3 Å². The lowest BCUT2D eigenvalue weighted by molar-refractivity contribution is -0.145. The van der Waals surface area contributed by atoms with Crippen molar-refractivity contribution in [1.82, 2.24) is 4.90 Å². The molecule has 2 aromatic carbocycles. The minimum atomic E-state index is -0.463. The fourth-order valence-electron chi connectivity index (χ4n) is 2.42. The molecule has 3 rings (SSSR count). The number of amides is 1. The second-order valence-electron chi connectivity index (χ2n) is 5.17. The quantitative estimate of drug-likeness (QED) is 0.771. The van der Waals surface area contributed by atoms with Crippen LogP contribution in [0.1, 0.15) is 21.5 Å². The maximum atomic E-state index is 12.3. The first kappa shape index (κ1) is 15.5. The van der Waals surface area contributed by atoms with Crippen molar-refractivity contribution in [2.45, 2.75) is 6.61 Å². The van der Waals surface area contributed by atoms with Gasteiger partial charge < -0.3 is 4.74 Å². The Morgan fingerprint density at radius 2 is 1.74 bits per heavy atom. The molecule has 0 N–H and O–H groups in total. The Hall–Kier alpha value is -2.40. The third kappa shape index (κ3) is 3.19. The van der Waals surface area contributed by atoms with Crippen LogP contribution in [-0.4, -0.2) is 23.3 Å². The Morgan fingerprint density at radius 1 is 1.09 bits per heavy atom. The average Bonchev–Trinajstić information content (AvgIpc) is 2.80. The van der Waals surface area contributed by atoms with Gasteiger partial charge >= 0.3 is 5.97 Å². The lowest BCUT2D eigenvalue weighted by Crippen LogP contribution is -2.30. The first-order valence-electron chi connectivity index (χ1n) is 7.06. The Bertz CT molecular complexity index is 748. The molecule has 5 heteroatoms. The summed E-state index contributed by atoms with van der Waals surface area (Å²) >= 11 is 3.35. The van der Waals surface area contributed by atoms with Gasteiger partial charge in [0, 0.05) is 21.3 Å². The largest absolute Gasteiger partial charge is 0.459 e. The zero-order valence-electron chi connectivity index (χ0n) is 12.3. The SMILES string of the molecule is C=C1c2ccccc2C(=O)N1CC(=O)OCc1ccc(Br)cc1. The van der Waals surface area contributed by atoms with E-state index in [1.807, 2.05) is 36.4 Å². The molecule has 1 amide bonds. The van der Waals surface area contributed by atoms with Crippen LogP contribution < -0.4 is 0 Å². The third-order valence-corrected chi connectivity index (χ3v) is 4.17. The predicted molar refractivity (Wildman–Crippen MR) is 90.5 cm³/mol. The highest BCUT2D eigenvalue weighted by atomic mass is 79.9. The van der Waals surface area contributed by atoms with Crippen LogP contribution >= 0.6 is 15.9 Å². The molecule has 0 aliphatic carbocycles. The van der Waals surface area contributed by atoms with Gasteiger partial charge in [0.05, 0.1) is 0 Å². The van der Waals surface area contributed by atoms with Crippen LogP contribution in [-0.2, 0) is 16.1 Å². The number of hydrogen-bond donors (Lipinski definition) is 0. The van der Waals surface area contributed by atoms with Crippen LogP contribution in [0.5, 0.6) is 0 Å². The number of fused-ring (bicyclic) bond motifs is 1. The van der Waals surface area contributed by atoms with Crippen LogP contribution in [0.2, 0.25) is 0 Å². The summed E-state index contributed by atoms with van der Waals surface area (Å²) in [4.78, 5) is 25.7. The van der Waals surface area contributed by atoms with Crippen LogP contribution in [0, 0.1) is 0 Å². The number of hydrogen-bond acceptors (Lipinski definition) is 3. The van der Waals surface area contributed by atoms with E-state index in [4.69, 9.17) is 4.74 Å². The summed E-state index contributed by atoms with van der Waals surface area (Å²) in [5.41, 5.74) is 2.75. The van der Waals surface area contributed by atoms with Gasteiger partial charge in [-0.05, 0) is 23.8 Å². The van der Waals surface area contributed by atoms with Crippen LogP contribution in [0.25, 0.3) is 5.70 Å². The molecule has 1 aliphatic heterocycles. The van der Waals surface area contributed by atoms with E-state index in [9.17, 15) is 9.59 Å². The minimum absolute atomic E-state index is 0.136. The van der Waals surface area contributed by atoms with E-state index in [1.54, 1.807) is 12.1 Å². The fourth-order valence-corrected chi connectivity index (χ4v) is 2.69. The smallest absolute Gasteiger partial charge is 0.326 e. The second kappa shape index (κ2) is 6.38. The molecule has 0 aromatic heterocycles. The summed E-state index contributed by atoms with van der Waals surface area (Å²) in [6.45, 7) is 3.94. The highest BCUT2D eigenvalue weighted by molar-refractivity contribution is 9.10. The van der Waals surface area contributed by atoms with Gasteiger partial charge in [0.1, 0.15) is 13.2 Å². The Morgan fingerprint density at radius 3 is 2.39 bits per heavy atom. The van der Waals surface area contributed by atoms with Crippen molar-refractivity contribution in [2.24, 2.45) is 0 Å². The van der Waals surface area contributed by atoms with Crippen molar-refractivity contribution in [3.63, 3.8) is 0 Å². The second-order valence-corrected chi connectivity index (χ2v) is 6.09. The van der Waals surface area contributed by atoms with Crippen molar-refractivity contribution in [3.05, 3.63) is 76.3 Å². The molecule has 0 bridgehead atoms. The summed E-state index contributed by atoms with van der Waals surface area (Å²) in [5.74, 6) is -0.679. The van der Waals surface area contributed by atoms with E-state index >= 15 is 0 Å². The average molecular weight is 372 g/mol. The van der Waals surface area contributed by atoms with Gasteiger partial charge in [-0.2, -0.15) is 0 Å². The number of benzene rings is 2. The normalized spacial score (nSPS) is 13.2. The lowest BCUT2D eigenvalue weighted by atomic mass is 10.1. The van der Waals surface area contributed by atoms with Crippen molar-refractivity contribution in [1.29, 1.82) is 0 Å². The third-order valence-electron chi connectivity index (χ3n) is 3.64. The molecule has 116 valence electrons. The van der Waals surface area contributed by atoms with Crippen molar-refractivity contribution >= 4 is 33.5 Å². The standard InChI is InChI=1S/C18H14BrNO3/c1-12-15-4-2-3-5-16(15)18(22)20(12)10-17(21)23-11-13-6-8-14(19)9-7-13/h2-9H,1,10-11H2. The topological polar surface area (TPSA) is 46.6 Å². The van der Waals surface area contributed by atoms with E-state index in [0.29, 0.717) is 11.3 Å². The first-order valence-corrected chi connectivity index (χ1v) is 7.86. The number of ether oxygens (including phenoxy) is 1. The Kier molecular flexibility index (Phi) is 4.30. The summed E-state index contributed by atoms with van der Waals surface area (Å²) in [7, 11) is 0. The van der Waals surface area contributed by atoms with Gasteiger partial charge in [-0.25, -0.2) is 0 Å². The molecule has 0 radical (unpaired) electrons. The zero-order chi connectivity index (χ0) is 16.4. The first-order chi connectivity index (χ1) is 11.1. The minimum Gasteiger partial charge on any atom is -0.459 e. The van der Waals surface area contributed by atoms with E-state index < -0.39 is 5.97 Å². The van der Waals surface area contributed by atoms with E-state index in [2.05, 4.69) is 22.5 Å². The van der Waals surface area contributed by atoms with Crippen LogP contribution in [0.15, 0.2) is 59.6 Å². The maximum absolute atomic E-state index is 12.3. The number of carbonyl (C=O) groups excluding carboxylic acids is 2. The molecule has 0 fully saturated rings. The molecule has 1 aliphatic rings. The highest BCUT2D eigenvalue weighted by Gasteiger charge is 2.32. The van der Waals surface area contributed by atoms with Crippen LogP contribution in [0.3, 0.4) is 0 Å². The number of nitrogens with zero attached hydrogens (tertiary/aromatic N) is 1. The summed E-state index contributed by atoms with van der Waals surface area (Å²) in [5, 5.41) is 0. The zero-order valence-corrected chi connectivity index (χ0v) is 13.9. The number of rotatable bonds is 4. The molecule has 2 aromatic rings. The molecular formula is C18H14BrNO3. The number of esters is 1. The van der Waals surface area contributed by atoms with Gasteiger partial charge in [-0.15, -0.1) is 0 Å². The van der Waals surface area contributed by atoms with Gasteiger partial charge in [0.2, 0.25) is 0 Å². The highest BCUT2D eigenvalue weighted by Crippen LogP contribution is 2.30. The molecule has 1 heterocycles. The monoisotopic (exact) mass is 371 g/mol. The summed E-state index contributed by atoms with van der Waals surface area (Å²) in [6.07, 6.45) is 0. The molecule has 0 atom stereocenters. The molecule has 0 saturated heterocycles. The van der Waals surface area contributed by atoms with Crippen molar-refractivity contribution in [3.8, 4) is 0 Å². The van der Waals surface area contributed by atoms with Gasteiger partial charge in [-0.1, -0.05) is 52.8 Å². The van der Waals surface area contributed by atoms with E-state index in [-0.39, 0.29) is 19.1 Å². The maximum Gasteiger partial charge on any atom is 0.326 e. The van der Waals surface area contributed by atoms with E-state index in [1.165, 1.54) is 4.90 Å². The fraction of sp³-hybridized carbons (Fsp3) is 0.111. The Labute approximate surface area is 142 Å². The lowest BCUT2D eigenvalue weighted by Gasteiger charge is -2.16. The Balaban J connectivity index is 1.62. The molecular weight excluding hydrogens is 358 g/mol. The molecule has 0 spiro atoms. The van der Waals surface area contributed by atoms with Gasteiger partial charge in [-0.3, -0.25) is 14.5 Å². The summed E-state index contributed by atoms with van der Waals surface area (Å²) < 4.78 is 6.20. The van der Waals surface area contributed by atoms with E-state index in [0.717, 1.165) is 15.6 Å². The van der Waals surface area contributed by atoms with Crippen molar-refractivity contribution in [2.75, 3.05) is 6.54 Å². The van der Waals surface area contributed by atoms with Gasteiger partial charge in [0.15, 0.2) is 0 Å². The summed E-state index contributed by atoms with van der Waals surface area (Å²) in [6, 6.07) is 14.7. The number of carbonyl (C=O) groups is 2. The van der Waals surface area contributed by atoms with Crippen LogP contribution in [0.4, 0.5) is 0 Å². The molecule has 4 nitrogen and oxygen atoms in total. The molecule has 23 heavy (non-hydrogen) atoms. The molecule has 0 unspecified atom stereocenters.